The van der Waals surface area contributed by atoms with Crippen molar-refractivity contribution in [2.75, 3.05) is 27.2 Å². The molecule has 0 amide bonds. The van der Waals surface area contributed by atoms with Crippen LogP contribution < -0.4 is 5.43 Å². The summed E-state index contributed by atoms with van der Waals surface area (Å²) in [6, 6.07) is 1.66. The molecule has 2 aromatic rings. The van der Waals surface area contributed by atoms with Crippen LogP contribution in [0, 0.1) is 0 Å². The van der Waals surface area contributed by atoms with Gasteiger partial charge in [-0.1, -0.05) is 5.16 Å². The Morgan fingerprint density at radius 2 is 2.25 bits per heavy atom. The van der Waals surface area contributed by atoms with Gasteiger partial charge < -0.3 is 19.4 Å². The average molecular weight is 351 g/mol. The molecule has 8 heteroatoms. The highest BCUT2D eigenvalue weighted by Gasteiger charge is 2.16. The fraction of sp³-hybridized carbons (Fsp3) is 0.438. The van der Waals surface area contributed by atoms with Crippen LogP contribution >= 0.6 is 11.3 Å². The first-order valence-electron chi connectivity index (χ1n) is 7.64. The predicted molar refractivity (Wildman–Crippen MR) is 95.4 cm³/mol. The summed E-state index contributed by atoms with van der Waals surface area (Å²) in [4.78, 5) is 32.2. The fourth-order valence-electron chi connectivity index (χ4n) is 2.23. The lowest BCUT2D eigenvalue weighted by Gasteiger charge is -2.07. The van der Waals surface area contributed by atoms with Crippen molar-refractivity contribution in [2.24, 2.45) is 5.16 Å². The molecular weight excluding hydrogens is 330 g/mol. The maximum Gasteiger partial charge on any atom is 0.341 e. The summed E-state index contributed by atoms with van der Waals surface area (Å²) in [5.74, 6) is -1.21. The van der Waals surface area contributed by atoms with Crippen molar-refractivity contribution in [3.8, 4) is 0 Å². The second-order valence-electron chi connectivity index (χ2n) is 5.56. The molecule has 2 rings (SSSR count). The van der Waals surface area contributed by atoms with Crippen LogP contribution in [0.4, 0.5) is 0 Å². The summed E-state index contributed by atoms with van der Waals surface area (Å²) in [5.41, 5.74) is -0.685. The number of aromatic carboxylic acids is 1. The van der Waals surface area contributed by atoms with Gasteiger partial charge in [0.1, 0.15) is 17.0 Å². The highest BCUT2D eigenvalue weighted by molar-refractivity contribution is 7.20. The number of oxime groups is 1. The van der Waals surface area contributed by atoms with E-state index in [0.29, 0.717) is 18.5 Å². The van der Waals surface area contributed by atoms with Crippen LogP contribution in [-0.2, 0) is 11.4 Å². The minimum absolute atomic E-state index is 0.217. The van der Waals surface area contributed by atoms with Crippen LogP contribution in [0.1, 0.15) is 28.6 Å². The van der Waals surface area contributed by atoms with Gasteiger partial charge in [0.15, 0.2) is 0 Å². The van der Waals surface area contributed by atoms with Gasteiger partial charge in [0, 0.05) is 19.3 Å². The van der Waals surface area contributed by atoms with Crippen LogP contribution in [0.2, 0.25) is 0 Å². The molecule has 130 valence electrons. The zero-order chi connectivity index (χ0) is 17.7. The first kappa shape index (κ1) is 18.2. The minimum atomic E-state index is -1.21. The molecule has 0 aliphatic rings. The third-order valence-corrected chi connectivity index (χ3v) is 4.54. The van der Waals surface area contributed by atoms with Crippen molar-refractivity contribution in [3.63, 3.8) is 0 Å². The molecule has 0 unspecified atom stereocenters. The Hall–Kier alpha value is -2.19. The smallest absolute Gasteiger partial charge is 0.341 e. The highest BCUT2D eigenvalue weighted by Crippen LogP contribution is 2.23. The van der Waals surface area contributed by atoms with E-state index in [4.69, 9.17) is 9.94 Å². The van der Waals surface area contributed by atoms with E-state index in [1.807, 2.05) is 21.0 Å². The van der Waals surface area contributed by atoms with Gasteiger partial charge in [-0.15, -0.1) is 11.3 Å². The number of aromatic nitrogens is 1. The second kappa shape index (κ2) is 8.07. The summed E-state index contributed by atoms with van der Waals surface area (Å²) in [7, 11) is 3.99. The number of hydrogen-bond acceptors (Lipinski definition) is 6. The summed E-state index contributed by atoms with van der Waals surface area (Å²) < 4.78 is 1.76. The Bertz CT molecular complexity index is 807. The number of nitrogens with zero attached hydrogens (tertiary/aromatic N) is 3. The van der Waals surface area contributed by atoms with Crippen molar-refractivity contribution in [2.45, 2.75) is 19.9 Å². The number of hydrogen-bond donors (Lipinski definition) is 1. The summed E-state index contributed by atoms with van der Waals surface area (Å²) >= 11 is 1.38. The van der Waals surface area contributed by atoms with Gasteiger partial charge in [-0.3, -0.25) is 4.79 Å². The van der Waals surface area contributed by atoms with Crippen molar-refractivity contribution >= 4 is 33.7 Å². The van der Waals surface area contributed by atoms with E-state index in [1.54, 1.807) is 16.8 Å². The standard InChI is InChI=1S/C16H21N3O4S/c1-4-19-10-13(16(21)22)14(20)12-8-11(24-15(12)19)9-17-23-7-5-6-18(2)3/h8-10H,4-7H2,1-3H3,(H,21,22). The highest BCUT2D eigenvalue weighted by atomic mass is 32.1. The lowest BCUT2D eigenvalue weighted by atomic mass is 10.2. The van der Waals surface area contributed by atoms with Crippen LogP contribution in [0.15, 0.2) is 22.2 Å². The zero-order valence-corrected chi connectivity index (χ0v) is 14.8. The molecule has 0 spiro atoms. The molecule has 2 heterocycles. The summed E-state index contributed by atoms with van der Waals surface area (Å²) in [6.07, 6.45) is 3.82. The minimum Gasteiger partial charge on any atom is -0.477 e. The quantitative estimate of drug-likeness (QED) is 0.447. The number of carboxylic acids is 1. The summed E-state index contributed by atoms with van der Waals surface area (Å²) in [6.45, 7) is 3.92. The Morgan fingerprint density at radius 1 is 1.50 bits per heavy atom. The van der Waals surface area contributed by atoms with Crippen LogP contribution in [0.3, 0.4) is 0 Å². The molecule has 0 aliphatic carbocycles. The number of thiophene rings is 1. The Kier molecular flexibility index (Phi) is 6.10. The monoisotopic (exact) mass is 351 g/mol. The lowest BCUT2D eigenvalue weighted by molar-refractivity contribution is 0.0695. The van der Waals surface area contributed by atoms with Crippen LogP contribution in [-0.4, -0.2) is 54.0 Å². The number of carboxylic acid groups (broad SMARTS) is 1. The number of fused-ring (bicyclic) bond motifs is 1. The van der Waals surface area contributed by atoms with Crippen LogP contribution in [0.5, 0.6) is 0 Å². The number of rotatable bonds is 8. The molecule has 7 nitrogen and oxygen atoms in total. The molecule has 0 bridgehead atoms. The average Bonchev–Trinajstić information content (AvgIpc) is 2.95. The molecule has 0 fully saturated rings. The molecule has 0 atom stereocenters. The summed E-state index contributed by atoms with van der Waals surface area (Å²) in [5, 5.41) is 13.5. The molecule has 0 aliphatic heterocycles. The van der Waals surface area contributed by atoms with Gasteiger partial charge in [0.2, 0.25) is 5.43 Å². The number of aryl methyl sites for hydroxylation is 1. The van der Waals surface area contributed by atoms with E-state index in [9.17, 15) is 9.59 Å². The van der Waals surface area contributed by atoms with Gasteiger partial charge in [0.05, 0.1) is 16.5 Å². The second-order valence-corrected chi connectivity index (χ2v) is 6.62. The van der Waals surface area contributed by atoms with Crippen molar-refractivity contribution in [3.05, 3.63) is 32.9 Å². The number of pyridine rings is 1. The molecule has 1 N–H and O–H groups in total. The van der Waals surface area contributed by atoms with Crippen LogP contribution in [0.25, 0.3) is 10.2 Å². The normalized spacial score (nSPS) is 11.7. The Morgan fingerprint density at radius 3 is 2.88 bits per heavy atom. The van der Waals surface area contributed by atoms with Crippen molar-refractivity contribution < 1.29 is 14.7 Å². The zero-order valence-electron chi connectivity index (χ0n) is 14.0. The van der Waals surface area contributed by atoms with Gasteiger partial charge in [-0.05, 0) is 33.5 Å². The largest absolute Gasteiger partial charge is 0.477 e. The third-order valence-electron chi connectivity index (χ3n) is 3.43. The van der Waals surface area contributed by atoms with Gasteiger partial charge in [-0.2, -0.15) is 0 Å². The lowest BCUT2D eigenvalue weighted by Crippen LogP contribution is -2.17. The van der Waals surface area contributed by atoms with E-state index in [-0.39, 0.29) is 5.56 Å². The molecule has 0 aromatic carbocycles. The number of carbonyl (C=O) groups is 1. The van der Waals surface area contributed by atoms with E-state index < -0.39 is 11.4 Å². The van der Waals surface area contributed by atoms with Crippen molar-refractivity contribution in [1.29, 1.82) is 0 Å². The maximum absolute atomic E-state index is 12.3. The first-order valence-corrected chi connectivity index (χ1v) is 8.46. The van der Waals surface area contributed by atoms with E-state index in [0.717, 1.165) is 22.7 Å². The molecule has 0 saturated carbocycles. The Balaban J connectivity index is 2.20. The Labute approximate surface area is 143 Å². The fourth-order valence-corrected chi connectivity index (χ4v) is 3.29. The van der Waals surface area contributed by atoms with Crippen molar-refractivity contribution in [1.82, 2.24) is 9.47 Å². The SMILES string of the molecule is CCn1cc(C(=O)O)c(=O)c2cc(C=NOCCCN(C)C)sc21. The van der Waals surface area contributed by atoms with Gasteiger partial charge in [0.25, 0.3) is 0 Å². The molecule has 24 heavy (non-hydrogen) atoms. The molecule has 2 aromatic heterocycles. The molecule has 0 radical (unpaired) electrons. The topological polar surface area (TPSA) is 84.1 Å². The van der Waals surface area contributed by atoms with Gasteiger partial charge in [-0.25, -0.2) is 4.79 Å². The van der Waals surface area contributed by atoms with E-state index in [2.05, 4.69) is 10.1 Å². The molecular formula is C16H21N3O4S. The van der Waals surface area contributed by atoms with E-state index in [1.165, 1.54) is 17.5 Å². The van der Waals surface area contributed by atoms with E-state index >= 15 is 0 Å². The molecule has 0 saturated heterocycles. The predicted octanol–water partition coefficient (Wildman–Crippen LogP) is 2.08. The third kappa shape index (κ3) is 4.21. The van der Waals surface area contributed by atoms with Gasteiger partial charge >= 0.3 is 5.97 Å². The maximum atomic E-state index is 12.3. The first-order chi connectivity index (χ1) is 11.4.